The maximum atomic E-state index is 12.2. The van der Waals surface area contributed by atoms with Gasteiger partial charge in [0.05, 0.1) is 13.2 Å². The topological polar surface area (TPSA) is 54.0 Å². The standard InChI is InChI=1S/C10H23O5P/c1-6-12-9(4)15-10(5)16(11,13-7-2)14-8-3/h9-10H,6-8H2,1-5H3. The van der Waals surface area contributed by atoms with E-state index in [0.717, 1.165) is 0 Å². The highest BCUT2D eigenvalue weighted by Gasteiger charge is 2.34. The molecule has 0 aromatic carbocycles. The van der Waals surface area contributed by atoms with Crippen molar-refractivity contribution in [3.63, 3.8) is 0 Å². The molecule has 2 unspecified atom stereocenters. The summed E-state index contributed by atoms with van der Waals surface area (Å²) in [5, 5.41) is 0. The van der Waals surface area contributed by atoms with Crippen molar-refractivity contribution >= 4 is 7.60 Å². The van der Waals surface area contributed by atoms with Crippen LogP contribution >= 0.6 is 7.60 Å². The van der Waals surface area contributed by atoms with E-state index in [9.17, 15) is 4.57 Å². The van der Waals surface area contributed by atoms with E-state index in [-0.39, 0.29) is 0 Å². The summed E-state index contributed by atoms with van der Waals surface area (Å²) >= 11 is 0. The van der Waals surface area contributed by atoms with E-state index in [1.807, 2.05) is 6.92 Å². The second-order valence-corrected chi connectivity index (χ2v) is 5.46. The van der Waals surface area contributed by atoms with E-state index >= 15 is 0 Å². The van der Waals surface area contributed by atoms with E-state index in [4.69, 9.17) is 18.5 Å². The van der Waals surface area contributed by atoms with Gasteiger partial charge in [0, 0.05) is 6.61 Å². The normalized spacial score (nSPS) is 16.1. The zero-order valence-corrected chi connectivity index (χ0v) is 11.7. The highest BCUT2D eigenvalue weighted by atomic mass is 31.2. The van der Waals surface area contributed by atoms with Crippen LogP contribution in [0.25, 0.3) is 0 Å². The van der Waals surface area contributed by atoms with Gasteiger partial charge < -0.3 is 18.5 Å². The second-order valence-electron chi connectivity index (χ2n) is 3.13. The van der Waals surface area contributed by atoms with Gasteiger partial charge in [-0.3, -0.25) is 4.57 Å². The predicted molar refractivity (Wildman–Crippen MR) is 62.5 cm³/mol. The summed E-state index contributed by atoms with van der Waals surface area (Å²) in [5.74, 6) is -0.631. The Balaban J connectivity index is 4.37. The first-order valence-corrected chi connectivity index (χ1v) is 7.27. The van der Waals surface area contributed by atoms with Crippen molar-refractivity contribution in [3.8, 4) is 0 Å². The largest absolute Gasteiger partial charge is 0.358 e. The summed E-state index contributed by atoms with van der Waals surface area (Å²) < 4.78 is 33.2. The van der Waals surface area contributed by atoms with Crippen LogP contribution in [0.3, 0.4) is 0 Å². The molecule has 0 aromatic heterocycles. The number of rotatable bonds is 9. The smallest absolute Gasteiger partial charge is 0.353 e. The molecule has 0 aliphatic heterocycles. The minimum atomic E-state index is -3.19. The fraction of sp³-hybridized carbons (Fsp3) is 1.00. The molecule has 0 aliphatic carbocycles. The molecule has 0 rings (SSSR count). The predicted octanol–water partition coefficient (Wildman–Crippen LogP) is 3.00. The summed E-state index contributed by atoms with van der Waals surface area (Å²) in [7, 11) is -3.19. The van der Waals surface area contributed by atoms with Crippen molar-refractivity contribution in [1.29, 1.82) is 0 Å². The molecule has 0 aromatic rings. The molecule has 0 aliphatic rings. The van der Waals surface area contributed by atoms with Gasteiger partial charge in [-0.2, -0.15) is 0 Å². The van der Waals surface area contributed by atoms with Gasteiger partial charge in [0.25, 0.3) is 0 Å². The van der Waals surface area contributed by atoms with Crippen LogP contribution in [0.15, 0.2) is 0 Å². The third-order valence-corrected chi connectivity index (χ3v) is 4.10. The van der Waals surface area contributed by atoms with Crippen LogP contribution in [-0.4, -0.2) is 32.0 Å². The van der Waals surface area contributed by atoms with Crippen LogP contribution in [0.5, 0.6) is 0 Å². The van der Waals surface area contributed by atoms with Crippen molar-refractivity contribution in [2.75, 3.05) is 19.8 Å². The van der Waals surface area contributed by atoms with Crippen LogP contribution in [0.2, 0.25) is 0 Å². The molecule has 2 atom stereocenters. The lowest BCUT2D eigenvalue weighted by atomic mass is 10.7. The summed E-state index contributed by atoms with van der Waals surface area (Å²) in [5.41, 5.74) is 0. The van der Waals surface area contributed by atoms with Crippen LogP contribution in [0.4, 0.5) is 0 Å². The maximum absolute atomic E-state index is 12.2. The minimum absolute atomic E-state index is 0.327. The number of hydrogen-bond acceptors (Lipinski definition) is 5. The average molecular weight is 254 g/mol. The molecule has 5 nitrogen and oxygen atoms in total. The zero-order chi connectivity index (χ0) is 12.6. The van der Waals surface area contributed by atoms with E-state index in [1.54, 1.807) is 27.7 Å². The molecule has 98 valence electrons. The molecule has 0 N–H and O–H groups in total. The van der Waals surface area contributed by atoms with Crippen molar-refractivity contribution in [2.45, 2.75) is 46.8 Å². The Bertz CT molecular complexity index is 211. The average Bonchev–Trinajstić information content (AvgIpc) is 2.18. The highest BCUT2D eigenvalue weighted by Crippen LogP contribution is 2.53. The lowest BCUT2D eigenvalue weighted by molar-refractivity contribution is -0.139. The van der Waals surface area contributed by atoms with Crippen molar-refractivity contribution in [1.82, 2.24) is 0 Å². The monoisotopic (exact) mass is 254 g/mol. The summed E-state index contributed by atoms with van der Waals surface area (Å²) in [4.78, 5) is 0. The minimum Gasteiger partial charge on any atom is -0.353 e. The highest BCUT2D eigenvalue weighted by molar-refractivity contribution is 7.54. The van der Waals surface area contributed by atoms with Gasteiger partial charge >= 0.3 is 7.60 Å². The van der Waals surface area contributed by atoms with Gasteiger partial charge in [0.1, 0.15) is 0 Å². The number of ether oxygens (including phenoxy) is 2. The molecule has 0 heterocycles. The lowest BCUT2D eigenvalue weighted by Gasteiger charge is -2.25. The van der Waals surface area contributed by atoms with Gasteiger partial charge in [-0.25, -0.2) is 0 Å². The Labute approximate surface area is 97.9 Å². The SMILES string of the molecule is CCOC(C)OC(C)P(=O)(OCC)OCC. The fourth-order valence-corrected chi connectivity index (χ4v) is 2.77. The van der Waals surface area contributed by atoms with Crippen LogP contribution in [-0.2, 0) is 23.1 Å². The Kier molecular flexibility index (Phi) is 8.24. The van der Waals surface area contributed by atoms with E-state index in [2.05, 4.69) is 0 Å². The Morgan fingerprint density at radius 2 is 1.50 bits per heavy atom. The number of hydrogen-bond donors (Lipinski definition) is 0. The van der Waals surface area contributed by atoms with Gasteiger partial charge in [-0.1, -0.05) is 0 Å². The van der Waals surface area contributed by atoms with E-state index in [0.29, 0.717) is 19.8 Å². The van der Waals surface area contributed by atoms with Crippen LogP contribution in [0.1, 0.15) is 34.6 Å². The maximum Gasteiger partial charge on any atom is 0.358 e. The summed E-state index contributed by atoms with van der Waals surface area (Å²) in [6.45, 7) is 10.0. The van der Waals surface area contributed by atoms with Crippen molar-refractivity contribution < 1.29 is 23.1 Å². The molecule has 6 heteroatoms. The Morgan fingerprint density at radius 3 is 1.88 bits per heavy atom. The molecule has 0 saturated heterocycles. The van der Waals surface area contributed by atoms with Gasteiger partial charge in [-0.05, 0) is 34.6 Å². The van der Waals surface area contributed by atoms with Gasteiger partial charge in [0.15, 0.2) is 12.1 Å². The Morgan fingerprint density at radius 1 is 1.00 bits per heavy atom. The third-order valence-electron chi connectivity index (χ3n) is 1.85. The van der Waals surface area contributed by atoms with E-state index < -0.39 is 19.7 Å². The van der Waals surface area contributed by atoms with Crippen molar-refractivity contribution in [3.05, 3.63) is 0 Å². The molecule has 0 spiro atoms. The zero-order valence-electron chi connectivity index (χ0n) is 10.8. The molecule has 0 bridgehead atoms. The fourth-order valence-electron chi connectivity index (χ4n) is 1.23. The molecule has 0 fully saturated rings. The molecular weight excluding hydrogens is 231 g/mol. The first kappa shape index (κ1) is 16.1. The van der Waals surface area contributed by atoms with E-state index in [1.165, 1.54) is 0 Å². The molecule has 16 heavy (non-hydrogen) atoms. The molecule has 0 amide bonds. The van der Waals surface area contributed by atoms with Gasteiger partial charge in [0.2, 0.25) is 0 Å². The first-order valence-electron chi connectivity index (χ1n) is 5.66. The van der Waals surface area contributed by atoms with Crippen LogP contribution in [0, 0.1) is 0 Å². The van der Waals surface area contributed by atoms with Crippen molar-refractivity contribution in [2.24, 2.45) is 0 Å². The van der Waals surface area contributed by atoms with Gasteiger partial charge in [-0.15, -0.1) is 0 Å². The molecule has 0 saturated carbocycles. The second kappa shape index (κ2) is 8.20. The van der Waals surface area contributed by atoms with Crippen LogP contribution < -0.4 is 0 Å². The lowest BCUT2D eigenvalue weighted by Crippen LogP contribution is -2.22. The molecule has 0 radical (unpaired) electrons. The third kappa shape index (κ3) is 5.41. The molecular formula is C10H23O5P. The summed E-state index contributed by atoms with van der Waals surface area (Å²) in [6, 6.07) is 0. The summed E-state index contributed by atoms with van der Waals surface area (Å²) in [6.07, 6.45) is -0.422. The quantitative estimate of drug-likeness (QED) is 0.467. The Hall–Kier alpha value is 0.0700. The first-order chi connectivity index (χ1) is 7.50.